The Bertz CT molecular complexity index is 1600. The summed E-state index contributed by atoms with van der Waals surface area (Å²) in [5.41, 5.74) is -0.431. The van der Waals surface area contributed by atoms with Gasteiger partial charge in [0.1, 0.15) is 23.0 Å². The maximum absolute atomic E-state index is 14.8. The van der Waals surface area contributed by atoms with Crippen molar-refractivity contribution in [1.82, 2.24) is 9.80 Å². The Morgan fingerprint density at radius 1 is 1.09 bits per heavy atom. The summed E-state index contributed by atoms with van der Waals surface area (Å²) in [6.45, 7) is 3.74. The molecule has 2 aliphatic rings. The number of para-hydroxylation sites is 2. The van der Waals surface area contributed by atoms with Crippen molar-refractivity contribution in [3.8, 4) is 17.6 Å². The molecule has 5 rings (SSSR count). The summed E-state index contributed by atoms with van der Waals surface area (Å²) in [6, 6.07) is 16.1. The molecule has 0 spiro atoms. The van der Waals surface area contributed by atoms with E-state index >= 15 is 0 Å². The number of aliphatic hydroxyl groups is 1. The first kappa shape index (κ1) is 34.1. The zero-order valence-corrected chi connectivity index (χ0v) is 26.9. The Morgan fingerprint density at radius 3 is 2.49 bits per heavy atom. The molecule has 9 nitrogen and oxygen atoms in total. The number of hydrogen-bond donors (Lipinski definition) is 1. The van der Waals surface area contributed by atoms with E-state index < -0.39 is 28.6 Å². The van der Waals surface area contributed by atoms with Crippen LogP contribution >= 0.6 is 11.3 Å². The smallest absolute Gasteiger partial charge is 0.425 e. The van der Waals surface area contributed by atoms with Gasteiger partial charge in [-0.25, -0.2) is 0 Å². The van der Waals surface area contributed by atoms with Gasteiger partial charge in [0.05, 0.1) is 35.5 Å². The van der Waals surface area contributed by atoms with Gasteiger partial charge in [-0.3, -0.25) is 9.59 Å². The van der Waals surface area contributed by atoms with E-state index in [1.807, 2.05) is 31.2 Å². The summed E-state index contributed by atoms with van der Waals surface area (Å²) in [5.74, 6) is -0.267. The molecule has 3 heterocycles. The molecule has 0 saturated carbocycles. The van der Waals surface area contributed by atoms with E-state index in [2.05, 4.69) is 11.0 Å². The molecule has 2 amide bonds. The Morgan fingerprint density at radius 2 is 1.81 bits per heavy atom. The maximum Gasteiger partial charge on any atom is 0.425 e. The summed E-state index contributed by atoms with van der Waals surface area (Å²) in [5, 5.41) is 20.2. The van der Waals surface area contributed by atoms with Crippen molar-refractivity contribution in [2.45, 2.75) is 50.4 Å². The van der Waals surface area contributed by atoms with Crippen LogP contribution in [0.1, 0.15) is 53.4 Å². The second kappa shape index (κ2) is 14.6. The SMILES string of the molecule is CCC[C@H]1N(C(=O)c2ccccc2C#N)CCC[C@@]1(Oc1csc(C(F)(F)F)c1)C(=O)N1CCN(c2ccccc2OCCO)CC1. The van der Waals surface area contributed by atoms with Crippen molar-refractivity contribution in [3.63, 3.8) is 0 Å². The predicted molar refractivity (Wildman–Crippen MR) is 171 cm³/mol. The summed E-state index contributed by atoms with van der Waals surface area (Å²) in [6.07, 6.45) is -3.07. The molecule has 2 atom stereocenters. The number of halogens is 3. The van der Waals surface area contributed by atoms with Gasteiger partial charge in [-0.2, -0.15) is 18.4 Å². The Kier molecular flexibility index (Phi) is 10.6. The number of amides is 2. The van der Waals surface area contributed by atoms with E-state index in [1.54, 1.807) is 34.1 Å². The van der Waals surface area contributed by atoms with Gasteiger partial charge >= 0.3 is 6.18 Å². The minimum absolute atomic E-state index is 0.0721. The second-order valence-corrected chi connectivity index (χ2v) is 12.4. The van der Waals surface area contributed by atoms with Crippen LogP contribution in [-0.4, -0.2) is 84.3 Å². The fourth-order valence-electron chi connectivity index (χ4n) is 6.47. The van der Waals surface area contributed by atoms with Crippen molar-refractivity contribution >= 4 is 28.8 Å². The number of nitriles is 1. The number of hydrogen-bond acceptors (Lipinski definition) is 8. The van der Waals surface area contributed by atoms with Crippen molar-refractivity contribution in [1.29, 1.82) is 5.26 Å². The summed E-state index contributed by atoms with van der Waals surface area (Å²) in [7, 11) is 0. The predicted octanol–water partition coefficient (Wildman–Crippen LogP) is 5.58. The molecule has 3 aromatic rings. The third-order valence-electron chi connectivity index (χ3n) is 8.60. The lowest BCUT2D eigenvalue weighted by Gasteiger charge is -2.50. The quantitative estimate of drug-likeness (QED) is 0.300. The van der Waals surface area contributed by atoms with Crippen LogP contribution in [0.4, 0.5) is 18.9 Å². The third-order valence-corrected chi connectivity index (χ3v) is 9.55. The largest absolute Gasteiger partial charge is 0.489 e. The van der Waals surface area contributed by atoms with E-state index in [-0.39, 0.29) is 42.4 Å². The molecular weight excluding hydrogens is 633 g/mol. The van der Waals surface area contributed by atoms with Gasteiger partial charge in [-0.1, -0.05) is 37.6 Å². The van der Waals surface area contributed by atoms with Crippen molar-refractivity contribution < 1.29 is 37.3 Å². The molecule has 0 unspecified atom stereocenters. The van der Waals surface area contributed by atoms with Crippen LogP contribution in [0.3, 0.4) is 0 Å². The van der Waals surface area contributed by atoms with E-state index in [0.29, 0.717) is 69.1 Å². The Labute approximate surface area is 275 Å². The third kappa shape index (κ3) is 7.18. The van der Waals surface area contributed by atoms with Crippen LogP contribution in [0, 0.1) is 11.3 Å². The van der Waals surface area contributed by atoms with Gasteiger partial charge < -0.3 is 29.3 Å². The first-order valence-corrected chi connectivity index (χ1v) is 16.5. The number of nitrogens with zero attached hydrogens (tertiary/aromatic N) is 4. The second-order valence-electron chi connectivity index (χ2n) is 11.5. The molecule has 2 aromatic carbocycles. The highest BCUT2D eigenvalue weighted by atomic mass is 32.1. The molecule has 0 aliphatic carbocycles. The topological polar surface area (TPSA) is 106 Å². The number of piperazine rings is 1. The lowest BCUT2D eigenvalue weighted by molar-refractivity contribution is -0.159. The van der Waals surface area contributed by atoms with Crippen LogP contribution in [0.15, 0.2) is 60.0 Å². The number of anilines is 1. The number of alkyl halides is 3. The van der Waals surface area contributed by atoms with Crippen LogP contribution in [0.2, 0.25) is 0 Å². The van der Waals surface area contributed by atoms with E-state index in [0.717, 1.165) is 11.8 Å². The average Bonchev–Trinajstić information content (AvgIpc) is 3.57. The zero-order chi connectivity index (χ0) is 33.6. The van der Waals surface area contributed by atoms with Crippen molar-refractivity contribution in [2.24, 2.45) is 0 Å². The number of carbonyl (C=O) groups excluding carboxylic acids is 2. The molecular formula is C34H37F3N4O5S. The van der Waals surface area contributed by atoms with Gasteiger partial charge in [0.25, 0.3) is 11.8 Å². The highest BCUT2D eigenvalue weighted by Crippen LogP contribution is 2.42. The van der Waals surface area contributed by atoms with Crippen molar-refractivity contribution in [2.75, 3.05) is 50.8 Å². The number of carbonyl (C=O) groups is 2. The lowest BCUT2D eigenvalue weighted by atomic mass is 9.79. The molecule has 250 valence electrons. The molecule has 1 N–H and O–H groups in total. The minimum Gasteiger partial charge on any atom is -0.489 e. The molecule has 2 fully saturated rings. The van der Waals surface area contributed by atoms with Gasteiger partial charge in [-0.05, 0) is 37.1 Å². The van der Waals surface area contributed by atoms with Gasteiger partial charge in [0.15, 0.2) is 0 Å². The Balaban J connectivity index is 1.48. The molecule has 2 aliphatic heterocycles. The van der Waals surface area contributed by atoms with Gasteiger partial charge in [0.2, 0.25) is 5.60 Å². The van der Waals surface area contributed by atoms with Crippen LogP contribution in [-0.2, 0) is 11.0 Å². The minimum atomic E-state index is -4.57. The molecule has 1 aromatic heterocycles. The number of rotatable bonds is 10. The molecule has 47 heavy (non-hydrogen) atoms. The van der Waals surface area contributed by atoms with Crippen molar-refractivity contribution in [3.05, 3.63) is 76.0 Å². The number of ether oxygens (including phenoxy) is 2. The molecule has 0 bridgehead atoms. The molecule has 13 heteroatoms. The standard InChI is InChI=1S/C34H37F3N4O5S/c1-2-8-29-33(46-25-21-30(47-23-25)34(35,36)37,13-7-14-41(29)31(43)26-10-4-3-9-24(26)22-38)32(44)40-17-15-39(16-18-40)27-11-5-6-12-28(27)45-20-19-42/h3-6,9-12,21,23,29,42H,2,7-8,13-20H2,1H3/t29-,33+/m1/s1. The number of thiophene rings is 1. The molecule has 0 radical (unpaired) electrons. The normalized spacial score (nSPS) is 20.1. The van der Waals surface area contributed by atoms with Crippen LogP contribution < -0.4 is 14.4 Å². The highest BCUT2D eigenvalue weighted by molar-refractivity contribution is 7.10. The summed E-state index contributed by atoms with van der Waals surface area (Å²) in [4.78, 5) is 33.3. The van der Waals surface area contributed by atoms with Crippen LogP contribution in [0.5, 0.6) is 11.5 Å². The van der Waals surface area contributed by atoms with Gasteiger partial charge in [0, 0.05) is 50.6 Å². The first-order valence-electron chi connectivity index (χ1n) is 15.6. The zero-order valence-electron chi connectivity index (χ0n) is 26.0. The maximum atomic E-state index is 14.8. The first-order chi connectivity index (χ1) is 22.6. The summed E-state index contributed by atoms with van der Waals surface area (Å²) < 4.78 is 53.0. The van der Waals surface area contributed by atoms with E-state index in [9.17, 15) is 33.1 Å². The van der Waals surface area contributed by atoms with Crippen LogP contribution in [0.25, 0.3) is 0 Å². The highest BCUT2D eigenvalue weighted by Gasteiger charge is 2.55. The fraction of sp³-hybridized carbons (Fsp3) is 0.441. The summed E-state index contributed by atoms with van der Waals surface area (Å²) >= 11 is 0.494. The number of piperidine rings is 1. The molecule has 2 saturated heterocycles. The van der Waals surface area contributed by atoms with E-state index in [1.165, 1.54) is 5.38 Å². The monoisotopic (exact) mass is 670 g/mol. The average molecular weight is 671 g/mol. The number of aliphatic hydroxyl groups excluding tert-OH is 1. The van der Waals surface area contributed by atoms with E-state index in [4.69, 9.17) is 9.47 Å². The number of benzene rings is 2. The lowest BCUT2D eigenvalue weighted by Crippen LogP contribution is -2.69. The fourth-order valence-corrected chi connectivity index (χ4v) is 7.15. The Hall–Kier alpha value is -4.28. The number of likely N-dealkylation sites (tertiary alicyclic amines) is 1. The van der Waals surface area contributed by atoms with Gasteiger partial charge in [-0.15, -0.1) is 11.3 Å².